The Morgan fingerprint density at radius 3 is 1.69 bits per heavy atom. The molecule has 0 radical (unpaired) electrons. The first-order chi connectivity index (χ1) is 15.2. The van der Waals surface area contributed by atoms with Crippen LogP contribution in [0, 0.1) is 0 Å². The zero-order chi connectivity index (χ0) is 23.4. The van der Waals surface area contributed by atoms with Crippen molar-refractivity contribution >= 4 is 17.2 Å². The third-order valence-electron chi connectivity index (χ3n) is 8.06. The Morgan fingerprint density at radius 2 is 1.25 bits per heavy atom. The predicted octanol–water partition coefficient (Wildman–Crippen LogP) is 4.93. The Morgan fingerprint density at radius 1 is 0.812 bits per heavy atom. The molecule has 32 heavy (non-hydrogen) atoms. The standard InChI is InChI=1S/C26H48N4P2/c1-7-24(3,4)32(25(5,6)8-2)19-20-13-9-10-14-21(20)26(31,22-27-15-11-16-28-22)23-29-17-12-18-30-23/h9-10,13-14,22-23,27-30H,7-8,11-12,15-19,31H2,1-6H3. The summed E-state index contributed by atoms with van der Waals surface area (Å²) in [6.07, 6.45) is 6.45. The van der Waals surface area contributed by atoms with Gasteiger partial charge in [0.05, 0.1) is 17.5 Å². The maximum atomic E-state index is 3.81. The average molecular weight is 479 g/mol. The van der Waals surface area contributed by atoms with Gasteiger partial charge in [0.15, 0.2) is 0 Å². The van der Waals surface area contributed by atoms with Crippen molar-refractivity contribution in [2.24, 2.45) is 0 Å². The minimum atomic E-state index is -0.213. The molecule has 6 heteroatoms. The van der Waals surface area contributed by atoms with Gasteiger partial charge in [-0.25, -0.2) is 0 Å². The first kappa shape index (κ1) is 26.5. The summed E-state index contributed by atoms with van der Waals surface area (Å²) in [6.45, 7) is 19.0. The van der Waals surface area contributed by atoms with Gasteiger partial charge in [0.1, 0.15) is 0 Å². The van der Waals surface area contributed by atoms with E-state index in [1.807, 2.05) is 0 Å². The highest BCUT2D eigenvalue weighted by Gasteiger charge is 2.46. The summed E-state index contributed by atoms with van der Waals surface area (Å²) in [5.74, 6) is 0. The Hall–Kier alpha value is -0.0800. The fourth-order valence-corrected chi connectivity index (χ4v) is 9.97. The van der Waals surface area contributed by atoms with E-state index in [-0.39, 0.29) is 25.4 Å². The van der Waals surface area contributed by atoms with Crippen LogP contribution in [0.2, 0.25) is 0 Å². The molecule has 2 heterocycles. The summed E-state index contributed by atoms with van der Waals surface area (Å²) in [4.78, 5) is 0. The maximum Gasteiger partial charge on any atom is 0.0735 e. The normalized spacial score (nSPS) is 20.1. The van der Waals surface area contributed by atoms with E-state index in [1.54, 1.807) is 0 Å². The SMILES string of the molecule is CCC(C)(C)P(Cc1ccccc1C(P)(C1NCCCN1)C1NCCCN1)C(C)(C)CC. The molecule has 0 aliphatic carbocycles. The Labute approximate surface area is 201 Å². The molecule has 182 valence electrons. The van der Waals surface area contributed by atoms with E-state index in [2.05, 4.69) is 96.3 Å². The molecule has 2 aliphatic rings. The molecule has 0 saturated carbocycles. The molecule has 2 saturated heterocycles. The van der Waals surface area contributed by atoms with Crippen molar-refractivity contribution in [1.29, 1.82) is 0 Å². The van der Waals surface area contributed by atoms with Crippen molar-refractivity contribution in [2.45, 2.75) is 101 Å². The lowest BCUT2D eigenvalue weighted by Crippen LogP contribution is -2.69. The Balaban J connectivity index is 2.06. The molecule has 2 fully saturated rings. The van der Waals surface area contributed by atoms with Crippen LogP contribution >= 0.6 is 17.2 Å². The van der Waals surface area contributed by atoms with Crippen LogP contribution in [0.1, 0.15) is 78.4 Å². The zero-order valence-corrected chi connectivity index (χ0v) is 23.4. The fraction of sp³-hybridized carbons (Fsp3) is 0.769. The van der Waals surface area contributed by atoms with Crippen LogP contribution in [-0.2, 0) is 11.3 Å². The molecule has 4 N–H and O–H groups in total. The third-order valence-corrected chi connectivity index (χ3v) is 13.3. The number of benzene rings is 1. The minimum Gasteiger partial charge on any atom is -0.301 e. The van der Waals surface area contributed by atoms with E-state index in [0.29, 0.717) is 10.3 Å². The highest BCUT2D eigenvalue weighted by molar-refractivity contribution is 7.60. The molecule has 1 aromatic rings. The zero-order valence-electron chi connectivity index (χ0n) is 21.4. The largest absolute Gasteiger partial charge is 0.301 e. The highest BCUT2D eigenvalue weighted by Crippen LogP contribution is 2.64. The second-order valence-corrected chi connectivity index (χ2v) is 15.4. The molecular weight excluding hydrogens is 430 g/mol. The minimum absolute atomic E-state index is 0.162. The third kappa shape index (κ3) is 5.59. The molecule has 4 nitrogen and oxygen atoms in total. The van der Waals surface area contributed by atoms with E-state index in [1.165, 1.54) is 43.0 Å². The number of nitrogens with one attached hydrogen (secondary N) is 4. The second-order valence-electron chi connectivity index (χ2n) is 10.9. The lowest BCUT2D eigenvalue weighted by molar-refractivity contribution is 0.205. The van der Waals surface area contributed by atoms with Gasteiger partial charge < -0.3 is 21.3 Å². The number of hydrogen-bond donors (Lipinski definition) is 4. The van der Waals surface area contributed by atoms with Crippen LogP contribution in [0.3, 0.4) is 0 Å². The van der Waals surface area contributed by atoms with Crippen LogP contribution in [0.4, 0.5) is 0 Å². The Kier molecular flexibility index (Phi) is 9.21. The van der Waals surface area contributed by atoms with Crippen LogP contribution in [0.5, 0.6) is 0 Å². The quantitative estimate of drug-likeness (QED) is 0.380. The van der Waals surface area contributed by atoms with E-state index < -0.39 is 0 Å². The van der Waals surface area contributed by atoms with Crippen LogP contribution in [-0.4, -0.2) is 48.8 Å². The Bertz CT molecular complexity index is 690. The number of hydrogen-bond acceptors (Lipinski definition) is 4. The monoisotopic (exact) mass is 478 g/mol. The van der Waals surface area contributed by atoms with Crippen LogP contribution in [0.15, 0.2) is 24.3 Å². The summed E-state index contributed by atoms with van der Waals surface area (Å²) in [5.41, 5.74) is 3.00. The molecule has 3 rings (SSSR count). The summed E-state index contributed by atoms with van der Waals surface area (Å²) in [6, 6.07) is 9.29. The van der Waals surface area contributed by atoms with Crippen molar-refractivity contribution < 1.29 is 0 Å². The van der Waals surface area contributed by atoms with Crippen molar-refractivity contribution in [1.82, 2.24) is 21.3 Å². The van der Waals surface area contributed by atoms with Crippen LogP contribution in [0.25, 0.3) is 0 Å². The summed E-state index contributed by atoms with van der Waals surface area (Å²) in [5, 5.41) is 15.8. The first-order valence-corrected chi connectivity index (χ1v) is 14.9. The summed E-state index contributed by atoms with van der Waals surface area (Å²) < 4.78 is 0. The van der Waals surface area contributed by atoms with Gasteiger partial charge in [-0.1, -0.05) is 73.7 Å². The van der Waals surface area contributed by atoms with Crippen molar-refractivity contribution in [2.75, 3.05) is 26.2 Å². The predicted molar refractivity (Wildman–Crippen MR) is 146 cm³/mol. The summed E-state index contributed by atoms with van der Waals surface area (Å²) in [7, 11) is 3.09. The van der Waals surface area contributed by atoms with Crippen molar-refractivity contribution in [3.05, 3.63) is 35.4 Å². The first-order valence-electron chi connectivity index (χ1n) is 12.8. The van der Waals surface area contributed by atoms with E-state index in [0.717, 1.165) is 26.2 Å². The fourth-order valence-electron chi connectivity index (χ4n) is 5.34. The highest BCUT2D eigenvalue weighted by atomic mass is 31.1. The van der Waals surface area contributed by atoms with Crippen LogP contribution < -0.4 is 21.3 Å². The second kappa shape index (κ2) is 11.1. The lowest BCUT2D eigenvalue weighted by atomic mass is 9.86. The molecule has 1 atom stereocenters. The topological polar surface area (TPSA) is 48.1 Å². The van der Waals surface area contributed by atoms with Gasteiger partial charge in [0.25, 0.3) is 0 Å². The van der Waals surface area contributed by atoms with Gasteiger partial charge in [-0.05, 0) is 79.5 Å². The lowest BCUT2D eigenvalue weighted by Gasteiger charge is -2.50. The van der Waals surface area contributed by atoms with E-state index in [9.17, 15) is 0 Å². The summed E-state index contributed by atoms with van der Waals surface area (Å²) >= 11 is 0. The molecule has 0 aromatic heterocycles. The maximum absolute atomic E-state index is 3.81. The van der Waals surface area contributed by atoms with Gasteiger partial charge in [-0.2, -0.15) is 0 Å². The molecule has 0 spiro atoms. The van der Waals surface area contributed by atoms with Gasteiger partial charge in [-0.15, -0.1) is 9.24 Å². The van der Waals surface area contributed by atoms with E-state index >= 15 is 0 Å². The smallest absolute Gasteiger partial charge is 0.0735 e. The molecule has 1 unspecified atom stereocenters. The molecular formula is C26H48N4P2. The molecule has 0 amide bonds. The van der Waals surface area contributed by atoms with Crippen molar-refractivity contribution in [3.63, 3.8) is 0 Å². The average Bonchev–Trinajstić information content (AvgIpc) is 2.83. The molecule has 1 aromatic carbocycles. The van der Waals surface area contributed by atoms with Gasteiger partial charge in [0, 0.05) is 0 Å². The van der Waals surface area contributed by atoms with Gasteiger partial charge in [-0.3, -0.25) is 0 Å². The number of rotatable bonds is 9. The molecule has 0 bridgehead atoms. The van der Waals surface area contributed by atoms with Gasteiger partial charge in [0.2, 0.25) is 0 Å². The van der Waals surface area contributed by atoms with Gasteiger partial charge >= 0.3 is 0 Å². The molecule has 2 aliphatic heterocycles. The van der Waals surface area contributed by atoms with E-state index in [4.69, 9.17) is 0 Å². The van der Waals surface area contributed by atoms with Crippen molar-refractivity contribution in [3.8, 4) is 0 Å².